The van der Waals surface area contributed by atoms with Gasteiger partial charge in [0.05, 0.1) is 5.69 Å². The number of carbonyl (C=O) groups is 1. The van der Waals surface area contributed by atoms with Gasteiger partial charge >= 0.3 is 0 Å². The molecule has 0 saturated carbocycles. The van der Waals surface area contributed by atoms with Crippen molar-refractivity contribution in [3.63, 3.8) is 0 Å². The van der Waals surface area contributed by atoms with Gasteiger partial charge in [0.2, 0.25) is 6.41 Å². The number of aromatic nitrogens is 1. The van der Waals surface area contributed by atoms with Gasteiger partial charge in [0, 0.05) is 50.0 Å². The van der Waals surface area contributed by atoms with Crippen molar-refractivity contribution in [2.75, 3.05) is 42.5 Å². The van der Waals surface area contributed by atoms with E-state index in [-0.39, 0.29) is 11.4 Å². The van der Waals surface area contributed by atoms with Crippen molar-refractivity contribution in [2.24, 2.45) is 0 Å². The van der Waals surface area contributed by atoms with Crippen LogP contribution in [0.25, 0.3) is 22.3 Å². The van der Waals surface area contributed by atoms with E-state index in [1.807, 2.05) is 31.2 Å². The number of amides is 1. The molecule has 1 aliphatic heterocycles. The fourth-order valence-corrected chi connectivity index (χ4v) is 4.13. The van der Waals surface area contributed by atoms with Gasteiger partial charge in [-0.1, -0.05) is 37.6 Å². The van der Waals surface area contributed by atoms with Gasteiger partial charge in [0.1, 0.15) is 17.4 Å². The van der Waals surface area contributed by atoms with Crippen LogP contribution in [0.2, 0.25) is 0 Å². The number of piperazine rings is 1. The zero-order valence-corrected chi connectivity index (χ0v) is 18.8. The fraction of sp³-hybridized carbons (Fsp3) is 0.308. The van der Waals surface area contributed by atoms with Gasteiger partial charge in [0.25, 0.3) is 0 Å². The van der Waals surface area contributed by atoms with Crippen molar-refractivity contribution in [3.8, 4) is 28.0 Å². The van der Waals surface area contributed by atoms with Crippen molar-refractivity contribution < 1.29 is 14.3 Å². The maximum absolute atomic E-state index is 14.9. The summed E-state index contributed by atoms with van der Waals surface area (Å²) < 4.78 is 14.9. The summed E-state index contributed by atoms with van der Waals surface area (Å²) in [6.45, 7) is 6.07. The van der Waals surface area contributed by atoms with Gasteiger partial charge in [-0.3, -0.25) is 4.79 Å². The highest BCUT2D eigenvalue weighted by molar-refractivity contribution is 5.84. The Morgan fingerprint density at radius 1 is 1.12 bits per heavy atom. The molecule has 2 N–H and O–H groups in total. The molecule has 0 aliphatic carbocycles. The maximum atomic E-state index is 14.9. The van der Waals surface area contributed by atoms with E-state index in [0.717, 1.165) is 50.4 Å². The number of hydrogen-bond donors (Lipinski definition) is 2. The lowest BCUT2D eigenvalue weighted by molar-refractivity contribution is -0.107. The van der Waals surface area contributed by atoms with E-state index in [2.05, 4.69) is 15.2 Å². The van der Waals surface area contributed by atoms with Crippen molar-refractivity contribution in [1.29, 1.82) is 0 Å². The van der Waals surface area contributed by atoms with E-state index in [9.17, 15) is 14.3 Å². The Morgan fingerprint density at radius 2 is 1.85 bits per heavy atom. The van der Waals surface area contributed by atoms with E-state index in [0.29, 0.717) is 29.6 Å². The van der Waals surface area contributed by atoms with E-state index in [4.69, 9.17) is 0 Å². The second kappa shape index (κ2) is 10.4. The van der Waals surface area contributed by atoms with Crippen LogP contribution in [0.15, 0.2) is 54.7 Å². The third kappa shape index (κ3) is 4.98. The van der Waals surface area contributed by atoms with Crippen LogP contribution in [-0.2, 0) is 4.79 Å². The molecule has 0 atom stereocenters. The molecule has 2 heterocycles. The minimum atomic E-state index is -0.495. The molecule has 172 valence electrons. The van der Waals surface area contributed by atoms with Crippen LogP contribution in [0.5, 0.6) is 5.75 Å². The Morgan fingerprint density at radius 3 is 2.52 bits per heavy atom. The van der Waals surface area contributed by atoms with Crippen LogP contribution in [0.3, 0.4) is 0 Å². The first-order valence-electron chi connectivity index (χ1n) is 11.4. The number of phenolic OH excluding ortho intramolecular Hbond substituents is 1. The van der Waals surface area contributed by atoms with Crippen LogP contribution in [0.4, 0.5) is 15.9 Å². The topological polar surface area (TPSA) is 68.7 Å². The summed E-state index contributed by atoms with van der Waals surface area (Å²) in [6, 6.07) is 14.0. The standard InChI is InChI=1S/C26H29FN4O2/c1-2-3-13-31(18-32)24-8-7-19(16-23(24)27)21-5-4-6-22(26(21)33)20-9-10-29-25(17-20)30-14-11-28-12-15-30/h4-10,16-18,28,33H,2-3,11-15H2,1H3. The second-order valence-corrected chi connectivity index (χ2v) is 8.16. The normalized spacial score (nSPS) is 13.7. The number of unbranched alkanes of at least 4 members (excludes halogenated alkanes) is 1. The lowest BCUT2D eigenvalue weighted by Crippen LogP contribution is -2.43. The summed E-state index contributed by atoms with van der Waals surface area (Å²) in [6.07, 6.45) is 4.11. The number of phenols is 1. The smallest absolute Gasteiger partial charge is 0.214 e. The van der Waals surface area contributed by atoms with Crippen LogP contribution >= 0.6 is 0 Å². The maximum Gasteiger partial charge on any atom is 0.214 e. The number of carbonyl (C=O) groups excluding carboxylic acids is 1. The summed E-state index contributed by atoms with van der Waals surface area (Å²) in [5, 5.41) is 14.4. The number of pyridine rings is 1. The number of halogens is 1. The number of aromatic hydroxyl groups is 1. The number of nitrogens with one attached hydrogen (secondary N) is 1. The van der Waals surface area contributed by atoms with Gasteiger partial charge in [-0.25, -0.2) is 9.37 Å². The van der Waals surface area contributed by atoms with E-state index >= 15 is 0 Å². The first-order chi connectivity index (χ1) is 16.1. The van der Waals surface area contributed by atoms with Crippen LogP contribution in [-0.4, -0.2) is 49.2 Å². The first-order valence-corrected chi connectivity index (χ1v) is 11.4. The van der Waals surface area contributed by atoms with E-state index in [1.54, 1.807) is 24.4 Å². The van der Waals surface area contributed by atoms with Gasteiger partial charge < -0.3 is 20.2 Å². The molecule has 6 nitrogen and oxygen atoms in total. The third-order valence-corrected chi connectivity index (χ3v) is 5.98. The zero-order valence-electron chi connectivity index (χ0n) is 18.8. The molecule has 0 unspecified atom stereocenters. The Balaban J connectivity index is 1.65. The fourth-order valence-electron chi connectivity index (χ4n) is 4.13. The summed E-state index contributed by atoms with van der Waals surface area (Å²) >= 11 is 0. The highest BCUT2D eigenvalue weighted by Gasteiger charge is 2.17. The number of nitrogens with zero attached hydrogens (tertiary/aromatic N) is 3. The molecule has 0 bridgehead atoms. The second-order valence-electron chi connectivity index (χ2n) is 8.16. The van der Waals surface area contributed by atoms with Gasteiger partial charge in [-0.15, -0.1) is 0 Å². The molecule has 1 fully saturated rings. The summed E-state index contributed by atoms with van der Waals surface area (Å²) in [5.41, 5.74) is 2.83. The lowest BCUT2D eigenvalue weighted by Gasteiger charge is -2.28. The molecule has 7 heteroatoms. The quantitative estimate of drug-likeness (QED) is 0.499. The zero-order chi connectivity index (χ0) is 23.2. The Labute approximate surface area is 193 Å². The highest BCUT2D eigenvalue weighted by atomic mass is 19.1. The summed E-state index contributed by atoms with van der Waals surface area (Å²) in [7, 11) is 0. The van der Waals surface area contributed by atoms with Gasteiger partial charge in [0.15, 0.2) is 0 Å². The van der Waals surface area contributed by atoms with Crippen LogP contribution < -0.4 is 15.1 Å². The molecule has 0 radical (unpaired) electrons. The minimum Gasteiger partial charge on any atom is -0.507 e. The molecular weight excluding hydrogens is 419 g/mol. The van der Waals surface area contributed by atoms with Crippen molar-refractivity contribution in [1.82, 2.24) is 10.3 Å². The molecular formula is C26H29FN4O2. The van der Waals surface area contributed by atoms with Gasteiger partial charge in [-0.05, 0) is 41.8 Å². The van der Waals surface area contributed by atoms with Gasteiger partial charge in [-0.2, -0.15) is 0 Å². The van der Waals surface area contributed by atoms with Crippen LogP contribution in [0, 0.1) is 5.82 Å². The number of rotatable bonds is 8. The van der Waals surface area contributed by atoms with Crippen molar-refractivity contribution in [3.05, 3.63) is 60.5 Å². The van der Waals surface area contributed by atoms with Crippen LogP contribution in [0.1, 0.15) is 19.8 Å². The molecule has 2 aromatic carbocycles. The largest absolute Gasteiger partial charge is 0.507 e. The predicted octanol–water partition coefficient (Wildman–Crippen LogP) is 4.43. The summed E-state index contributed by atoms with van der Waals surface area (Å²) in [4.78, 5) is 19.5. The van der Waals surface area contributed by atoms with E-state index < -0.39 is 5.82 Å². The number of hydrogen-bond acceptors (Lipinski definition) is 5. The SMILES string of the molecule is CCCCN(C=O)c1ccc(-c2cccc(-c3ccnc(N4CCNCC4)c3)c2O)cc1F. The molecule has 3 aromatic rings. The molecule has 4 rings (SSSR count). The molecule has 0 spiro atoms. The average molecular weight is 449 g/mol. The molecule has 1 aromatic heterocycles. The van der Waals surface area contributed by atoms with Crippen molar-refractivity contribution in [2.45, 2.75) is 19.8 Å². The summed E-state index contributed by atoms with van der Waals surface area (Å²) in [5.74, 6) is 0.459. The molecule has 33 heavy (non-hydrogen) atoms. The Kier molecular flexibility index (Phi) is 7.19. The lowest BCUT2D eigenvalue weighted by atomic mass is 9.97. The third-order valence-electron chi connectivity index (χ3n) is 5.98. The first kappa shape index (κ1) is 22.7. The van der Waals surface area contributed by atoms with Crippen molar-refractivity contribution >= 4 is 17.9 Å². The predicted molar refractivity (Wildman–Crippen MR) is 130 cm³/mol. The monoisotopic (exact) mass is 448 g/mol. The number of para-hydroxylation sites is 1. The molecule has 1 saturated heterocycles. The molecule has 1 aliphatic rings. The minimum absolute atomic E-state index is 0.0836. The number of benzene rings is 2. The highest BCUT2D eigenvalue weighted by Crippen LogP contribution is 2.39. The van der Waals surface area contributed by atoms with E-state index in [1.165, 1.54) is 11.0 Å². The average Bonchev–Trinajstić information content (AvgIpc) is 2.86. The molecule has 1 amide bonds. The number of anilines is 2. The Bertz CT molecular complexity index is 1120. The Hall–Kier alpha value is -3.45.